The molecule has 0 bridgehead atoms. The summed E-state index contributed by atoms with van der Waals surface area (Å²) in [5.74, 6) is -0.0327. The second-order valence-corrected chi connectivity index (χ2v) is 5.52. The zero-order chi connectivity index (χ0) is 14.4. The molecular formula is C16H20N2O2. The van der Waals surface area contributed by atoms with Gasteiger partial charge in [-0.1, -0.05) is 25.0 Å². The third kappa shape index (κ3) is 4.07. The second kappa shape index (κ2) is 6.53. The van der Waals surface area contributed by atoms with E-state index in [1.54, 1.807) is 12.1 Å². The van der Waals surface area contributed by atoms with Crippen LogP contribution in [-0.4, -0.2) is 23.2 Å². The summed E-state index contributed by atoms with van der Waals surface area (Å²) in [4.78, 5) is 11.8. The highest BCUT2D eigenvalue weighted by atomic mass is 16.3. The Kier molecular flexibility index (Phi) is 4.75. The van der Waals surface area contributed by atoms with Crippen LogP contribution in [0.3, 0.4) is 0 Å². The molecule has 1 fully saturated rings. The van der Waals surface area contributed by atoms with Crippen LogP contribution in [0.5, 0.6) is 0 Å². The van der Waals surface area contributed by atoms with Crippen molar-refractivity contribution in [1.82, 2.24) is 5.32 Å². The van der Waals surface area contributed by atoms with Gasteiger partial charge in [0.1, 0.15) is 0 Å². The maximum absolute atomic E-state index is 11.8. The van der Waals surface area contributed by atoms with E-state index in [2.05, 4.69) is 11.4 Å². The fraction of sp³-hybridized carbons (Fsp3) is 0.500. The van der Waals surface area contributed by atoms with Crippen molar-refractivity contribution in [3.05, 3.63) is 35.4 Å². The van der Waals surface area contributed by atoms with Crippen LogP contribution < -0.4 is 5.32 Å². The number of carbonyl (C=O) groups excluding carboxylic acids is 1. The summed E-state index contributed by atoms with van der Waals surface area (Å²) in [6.07, 6.45) is 4.69. The van der Waals surface area contributed by atoms with Crippen LogP contribution in [0.25, 0.3) is 0 Å². The van der Waals surface area contributed by atoms with Crippen molar-refractivity contribution in [2.75, 3.05) is 6.54 Å². The van der Waals surface area contributed by atoms with Crippen LogP contribution in [-0.2, 0) is 11.2 Å². The van der Waals surface area contributed by atoms with Gasteiger partial charge in [0.25, 0.3) is 0 Å². The molecule has 0 unspecified atom stereocenters. The number of hydrogen-bond acceptors (Lipinski definition) is 3. The second-order valence-electron chi connectivity index (χ2n) is 5.52. The molecule has 0 aliphatic heterocycles. The smallest absolute Gasteiger partial charge is 0.220 e. The Morgan fingerprint density at radius 1 is 1.30 bits per heavy atom. The number of nitrogens with one attached hydrogen (secondary N) is 1. The predicted molar refractivity (Wildman–Crippen MR) is 75.9 cm³/mol. The van der Waals surface area contributed by atoms with E-state index >= 15 is 0 Å². The van der Waals surface area contributed by atoms with E-state index in [9.17, 15) is 9.90 Å². The molecule has 1 aromatic carbocycles. The molecule has 0 radical (unpaired) electrons. The van der Waals surface area contributed by atoms with E-state index in [0.717, 1.165) is 31.2 Å². The fourth-order valence-electron chi connectivity index (χ4n) is 2.57. The van der Waals surface area contributed by atoms with Gasteiger partial charge in [-0.05, 0) is 37.0 Å². The van der Waals surface area contributed by atoms with Gasteiger partial charge < -0.3 is 10.4 Å². The molecule has 2 N–H and O–H groups in total. The number of rotatable bonds is 5. The number of aryl methyl sites for hydroxylation is 1. The third-order valence-corrected chi connectivity index (χ3v) is 3.87. The van der Waals surface area contributed by atoms with Crippen molar-refractivity contribution in [3.8, 4) is 6.07 Å². The van der Waals surface area contributed by atoms with Crippen molar-refractivity contribution in [1.29, 1.82) is 5.26 Å². The van der Waals surface area contributed by atoms with E-state index in [1.165, 1.54) is 0 Å². The Morgan fingerprint density at radius 2 is 1.95 bits per heavy atom. The number of aliphatic hydroxyl groups is 1. The van der Waals surface area contributed by atoms with Crippen molar-refractivity contribution in [2.45, 2.75) is 44.1 Å². The minimum Gasteiger partial charge on any atom is -0.388 e. The Labute approximate surface area is 119 Å². The molecule has 0 aromatic heterocycles. The van der Waals surface area contributed by atoms with Gasteiger partial charge in [0.15, 0.2) is 0 Å². The largest absolute Gasteiger partial charge is 0.388 e. The minimum absolute atomic E-state index is 0.0327. The average Bonchev–Trinajstić information content (AvgIpc) is 2.91. The Morgan fingerprint density at radius 3 is 2.55 bits per heavy atom. The summed E-state index contributed by atoms with van der Waals surface area (Å²) in [6, 6.07) is 9.33. The molecule has 0 atom stereocenters. The Balaban J connectivity index is 1.73. The van der Waals surface area contributed by atoms with Crippen LogP contribution in [0.4, 0.5) is 0 Å². The van der Waals surface area contributed by atoms with Crippen LogP contribution in [0.15, 0.2) is 24.3 Å². The SMILES string of the molecule is N#Cc1ccc(CCC(=O)NCC2(O)CCCC2)cc1. The minimum atomic E-state index is -0.690. The van der Waals surface area contributed by atoms with Gasteiger partial charge in [-0.25, -0.2) is 0 Å². The lowest BCUT2D eigenvalue weighted by Crippen LogP contribution is -2.40. The number of hydrogen-bond donors (Lipinski definition) is 2. The van der Waals surface area contributed by atoms with Crippen LogP contribution >= 0.6 is 0 Å². The predicted octanol–water partition coefficient (Wildman–Crippen LogP) is 1.91. The molecule has 20 heavy (non-hydrogen) atoms. The van der Waals surface area contributed by atoms with Gasteiger partial charge in [0, 0.05) is 13.0 Å². The standard InChI is InChI=1S/C16H20N2O2/c17-11-14-5-3-13(4-6-14)7-8-15(19)18-12-16(20)9-1-2-10-16/h3-6,20H,1-2,7-10,12H2,(H,18,19). The maximum atomic E-state index is 11.8. The van der Waals surface area contributed by atoms with Crippen molar-refractivity contribution in [2.24, 2.45) is 0 Å². The molecular weight excluding hydrogens is 252 g/mol. The first kappa shape index (κ1) is 14.5. The third-order valence-electron chi connectivity index (χ3n) is 3.87. The summed E-state index contributed by atoms with van der Waals surface area (Å²) >= 11 is 0. The molecule has 106 valence electrons. The zero-order valence-corrected chi connectivity index (χ0v) is 11.6. The monoisotopic (exact) mass is 272 g/mol. The van der Waals surface area contributed by atoms with E-state index in [1.807, 2.05) is 12.1 Å². The molecule has 4 heteroatoms. The molecule has 1 aliphatic carbocycles. The van der Waals surface area contributed by atoms with E-state index in [4.69, 9.17) is 5.26 Å². The molecule has 1 saturated carbocycles. The number of nitrogens with zero attached hydrogens (tertiary/aromatic N) is 1. The van der Waals surface area contributed by atoms with Gasteiger partial charge >= 0.3 is 0 Å². The number of carbonyl (C=O) groups is 1. The van der Waals surface area contributed by atoms with Gasteiger partial charge in [-0.15, -0.1) is 0 Å². The lowest BCUT2D eigenvalue weighted by Gasteiger charge is -2.22. The summed E-state index contributed by atoms with van der Waals surface area (Å²) < 4.78 is 0. The Bertz CT molecular complexity index is 496. The average molecular weight is 272 g/mol. The molecule has 1 aliphatic rings. The van der Waals surface area contributed by atoms with E-state index in [0.29, 0.717) is 24.9 Å². The summed E-state index contributed by atoms with van der Waals surface area (Å²) in [7, 11) is 0. The zero-order valence-electron chi connectivity index (χ0n) is 11.6. The summed E-state index contributed by atoms with van der Waals surface area (Å²) in [5, 5.41) is 21.7. The van der Waals surface area contributed by atoms with Crippen LogP contribution in [0.2, 0.25) is 0 Å². The van der Waals surface area contributed by atoms with Crippen molar-refractivity contribution < 1.29 is 9.90 Å². The lowest BCUT2D eigenvalue weighted by atomic mass is 10.0. The maximum Gasteiger partial charge on any atom is 0.220 e. The number of nitriles is 1. The molecule has 4 nitrogen and oxygen atoms in total. The van der Waals surface area contributed by atoms with Crippen molar-refractivity contribution >= 4 is 5.91 Å². The van der Waals surface area contributed by atoms with Gasteiger partial charge in [0.2, 0.25) is 5.91 Å². The molecule has 0 spiro atoms. The topological polar surface area (TPSA) is 73.1 Å². The van der Waals surface area contributed by atoms with Gasteiger partial charge in [-0.3, -0.25) is 4.79 Å². The highest BCUT2D eigenvalue weighted by Crippen LogP contribution is 2.28. The first-order chi connectivity index (χ1) is 9.61. The van der Waals surface area contributed by atoms with Crippen LogP contribution in [0.1, 0.15) is 43.2 Å². The van der Waals surface area contributed by atoms with Crippen LogP contribution in [0, 0.1) is 11.3 Å². The highest BCUT2D eigenvalue weighted by molar-refractivity contribution is 5.76. The molecule has 1 aromatic rings. The van der Waals surface area contributed by atoms with Crippen molar-refractivity contribution in [3.63, 3.8) is 0 Å². The number of amides is 1. The normalized spacial score (nSPS) is 16.6. The Hall–Kier alpha value is -1.86. The quantitative estimate of drug-likeness (QED) is 0.860. The highest BCUT2D eigenvalue weighted by Gasteiger charge is 2.31. The molecule has 2 rings (SSSR count). The molecule has 0 saturated heterocycles. The fourth-order valence-corrected chi connectivity index (χ4v) is 2.57. The lowest BCUT2D eigenvalue weighted by molar-refractivity contribution is -0.122. The first-order valence-corrected chi connectivity index (χ1v) is 7.09. The van der Waals surface area contributed by atoms with E-state index in [-0.39, 0.29) is 5.91 Å². The van der Waals surface area contributed by atoms with Gasteiger partial charge in [-0.2, -0.15) is 5.26 Å². The summed E-state index contributed by atoms with van der Waals surface area (Å²) in [5.41, 5.74) is 0.977. The molecule has 0 heterocycles. The number of benzene rings is 1. The van der Waals surface area contributed by atoms with Gasteiger partial charge in [0.05, 0.1) is 17.2 Å². The van der Waals surface area contributed by atoms with E-state index < -0.39 is 5.60 Å². The molecule has 1 amide bonds. The first-order valence-electron chi connectivity index (χ1n) is 7.09. The summed E-state index contributed by atoms with van der Waals surface area (Å²) in [6.45, 7) is 0.360.